The van der Waals surface area contributed by atoms with E-state index in [2.05, 4.69) is 5.32 Å². The quantitative estimate of drug-likeness (QED) is 0.873. The number of carbonyl (C=O) groups excluding carboxylic acids is 1. The molecular weight excluding hydrogens is 348 g/mol. The van der Waals surface area contributed by atoms with Gasteiger partial charge in [0.2, 0.25) is 5.91 Å². The molecule has 2 atom stereocenters. The van der Waals surface area contributed by atoms with E-state index in [1.54, 1.807) is 0 Å². The van der Waals surface area contributed by atoms with Gasteiger partial charge in [-0.3, -0.25) is 9.69 Å². The van der Waals surface area contributed by atoms with Crippen LogP contribution in [0, 0.1) is 11.6 Å². The molecule has 1 aliphatic rings. The number of hydrogen-bond donors (Lipinski definition) is 2. The first kappa shape index (κ1) is 19.3. The van der Waals surface area contributed by atoms with Crippen molar-refractivity contribution >= 4 is 24.0 Å². The van der Waals surface area contributed by atoms with Gasteiger partial charge in [0.15, 0.2) is 0 Å². The van der Waals surface area contributed by atoms with Crippen molar-refractivity contribution in [3.8, 4) is 0 Å². The molecule has 0 saturated carbocycles. The third kappa shape index (κ3) is 4.75. The summed E-state index contributed by atoms with van der Waals surface area (Å²) < 4.78 is 26.7. The molecule has 25 heavy (non-hydrogen) atoms. The van der Waals surface area contributed by atoms with Gasteiger partial charge in [0, 0.05) is 31.1 Å². The molecule has 0 radical (unpaired) electrons. The van der Waals surface area contributed by atoms with Crippen molar-refractivity contribution < 1.29 is 13.6 Å². The Labute approximate surface area is 151 Å². The molecule has 0 aromatic heterocycles. The van der Waals surface area contributed by atoms with E-state index in [-0.39, 0.29) is 42.5 Å². The summed E-state index contributed by atoms with van der Waals surface area (Å²) in [6.07, 6.45) is 0. The number of halogens is 3. The number of likely N-dealkylation sites (tertiary alicyclic amines) is 1. The van der Waals surface area contributed by atoms with Crippen LogP contribution in [0.25, 0.3) is 0 Å². The van der Waals surface area contributed by atoms with Crippen LogP contribution < -0.4 is 11.1 Å². The summed E-state index contributed by atoms with van der Waals surface area (Å²) in [5, 5.41) is 2.41. The zero-order valence-electron chi connectivity index (χ0n) is 13.5. The first-order valence-electron chi connectivity index (χ1n) is 7.80. The monoisotopic (exact) mass is 367 g/mol. The lowest BCUT2D eigenvalue weighted by Crippen LogP contribution is -2.34. The Kier molecular flexibility index (Phi) is 6.47. The lowest BCUT2D eigenvalue weighted by Gasteiger charge is -2.16. The molecule has 2 aromatic carbocycles. The largest absolute Gasteiger partial charge is 0.326 e. The Morgan fingerprint density at radius 3 is 2.60 bits per heavy atom. The summed E-state index contributed by atoms with van der Waals surface area (Å²) in [5.74, 6) is -1.49. The van der Waals surface area contributed by atoms with Crippen LogP contribution in [0.4, 0.5) is 14.5 Å². The summed E-state index contributed by atoms with van der Waals surface area (Å²) in [6.45, 7) is 1.33. The molecule has 0 bridgehead atoms. The average Bonchev–Trinajstić information content (AvgIpc) is 2.92. The molecule has 7 heteroatoms. The molecule has 4 nitrogen and oxygen atoms in total. The Hall–Kier alpha value is -2.02. The summed E-state index contributed by atoms with van der Waals surface area (Å²) in [5.41, 5.74) is 7.18. The molecular formula is C18H20ClF2N3O. The zero-order valence-corrected chi connectivity index (χ0v) is 14.3. The minimum absolute atomic E-state index is 0. The van der Waals surface area contributed by atoms with Gasteiger partial charge in [-0.1, -0.05) is 30.3 Å². The molecule has 134 valence electrons. The zero-order chi connectivity index (χ0) is 17.1. The second-order valence-corrected chi connectivity index (χ2v) is 6.05. The molecule has 3 rings (SSSR count). The highest BCUT2D eigenvalue weighted by Gasteiger charge is 2.32. The summed E-state index contributed by atoms with van der Waals surface area (Å²) in [7, 11) is 0. The Balaban J connectivity index is 0.00000225. The third-order valence-electron chi connectivity index (χ3n) is 4.24. The van der Waals surface area contributed by atoms with Crippen LogP contribution in [0.3, 0.4) is 0 Å². The molecule has 0 spiro atoms. The standard InChI is InChI=1S/C18H19F2N3O.ClH/c19-13-6-7-15(20)17(8-13)22-18(24)11-23-9-14(16(21)10-23)12-4-2-1-3-5-12;/h1-8,14,16H,9-11,21H2,(H,22,24);1H/t14-,16+;/m0./s1. The molecule has 1 heterocycles. The first-order chi connectivity index (χ1) is 11.5. The van der Waals surface area contributed by atoms with Crippen LogP contribution in [0.2, 0.25) is 0 Å². The van der Waals surface area contributed by atoms with Gasteiger partial charge in [-0.25, -0.2) is 8.78 Å². The number of amides is 1. The van der Waals surface area contributed by atoms with Crippen molar-refractivity contribution in [1.29, 1.82) is 0 Å². The maximum absolute atomic E-state index is 13.6. The predicted octanol–water partition coefficient (Wildman–Crippen LogP) is 2.75. The number of nitrogens with zero attached hydrogens (tertiary/aromatic N) is 1. The summed E-state index contributed by atoms with van der Waals surface area (Å²) in [6, 6.07) is 12.8. The summed E-state index contributed by atoms with van der Waals surface area (Å²) in [4.78, 5) is 14.0. The number of nitrogens with one attached hydrogen (secondary N) is 1. The van der Waals surface area contributed by atoms with E-state index >= 15 is 0 Å². The topological polar surface area (TPSA) is 58.4 Å². The van der Waals surface area contributed by atoms with E-state index in [0.717, 1.165) is 23.8 Å². The minimum Gasteiger partial charge on any atom is -0.326 e. The van der Waals surface area contributed by atoms with Gasteiger partial charge in [-0.15, -0.1) is 12.4 Å². The van der Waals surface area contributed by atoms with Gasteiger partial charge in [0.05, 0.1) is 12.2 Å². The van der Waals surface area contributed by atoms with Crippen LogP contribution in [-0.2, 0) is 4.79 Å². The van der Waals surface area contributed by atoms with Gasteiger partial charge < -0.3 is 11.1 Å². The van der Waals surface area contributed by atoms with Gasteiger partial charge in [-0.2, -0.15) is 0 Å². The van der Waals surface area contributed by atoms with Crippen LogP contribution in [0.15, 0.2) is 48.5 Å². The van der Waals surface area contributed by atoms with Crippen LogP contribution in [-0.4, -0.2) is 36.5 Å². The second-order valence-electron chi connectivity index (χ2n) is 6.05. The molecule has 3 N–H and O–H groups in total. The van der Waals surface area contributed by atoms with E-state index in [9.17, 15) is 13.6 Å². The van der Waals surface area contributed by atoms with E-state index in [1.165, 1.54) is 0 Å². The van der Waals surface area contributed by atoms with E-state index < -0.39 is 11.6 Å². The SMILES string of the molecule is Cl.N[C@@H]1CN(CC(=O)Nc2cc(F)ccc2F)C[C@H]1c1ccccc1. The van der Waals surface area contributed by atoms with Crippen LogP contribution in [0.5, 0.6) is 0 Å². The Morgan fingerprint density at radius 2 is 1.88 bits per heavy atom. The molecule has 0 unspecified atom stereocenters. The number of hydrogen-bond acceptors (Lipinski definition) is 3. The van der Waals surface area contributed by atoms with Crippen molar-refractivity contribution in [3.05, 3.63) is 65.7 Å². The number of benzene rings is 2. The lowest BCUT2D eigenvalue weighted by atomic mass is 9.95. The van der Waals surface area contributed by atoms with E-state index in [1.807, 2.05) is 35.2 Å². The van der Waals surface area contributed by atoms with E-state index in [0.29, 0.717) is 13.1 Å². The van der Waals surface area contributed by atoms with Crippen molar-refractivity contribution in [3.63, 3.8) is 0 Å². The van der Waals surface area contributed by atoms with Gasteiger partial charge in [-0.05, 0) is 17.7 Å². The fraction of sp³-hybridized carbons (Fsp3) is 0.278. The van der Waals surface area contributed by atoms with E-state index in [4.69, 9.17) is 5.73 Å². The van der Waals surface area contributed by atoms with Crippen molar-refractivity contribution in [2.24, 2.45) is 5.73 Å². The molecule has 2 aromatic rings. The molecule has 1 saturated heterocycles. The maximum atomic E-state index is 13.6. The fourth-order valence-corrected chi connectivity index (χ4v) is 3.08. The highest BCUT2D eigenvalue weighted by molar-refractivity contribution is 5.92. The first-order valence-corrected chi connectivity index (χ1v) is 7.80. The van der Waals surface area contributed by atoms with Crippen LogP contribution >= 0.6 is 12.4 Å². The highest BCUT2D eigenvalue weighted by Crippen LogP contribution is 2.26. The average molecular weight is 368 g/mol. The normalized spacial score (nSPS) is 20.1. The highest BCUT2D eigenvalue weighted by atomic mass is 35.5. The summed E-state index contributed by atoms with van der Waals surface area (Å²) >= 11 is 0. The fourth-order valence-electron chi connectivity index (χ4n) is 3.08. The van der Waals surface area contributed by atoms with Gasteiger partial charge in [0.1, 0.15) is 11.6 Å². The van der Waals surface area contributed by atoms with Crippen molar-refractivity contribution in [2.45, 2.75) is 12.0 Å². The minimum atomic E-state index is -0.662. The lowest BCUT2D eigenvalue weighted by molar-refractivity contribution is -0.117. The van der Waals surface area contributed by atoms with Gasteiger partial charge in [0.25, 0.3) is 0 Å². The molecule has 0 aliphatic carbocycles. The second kappa shape index (κ2) is 8.38. The number of nitrogens with two attached hydrogens (primary N) is 1. The molecule has 1 amide bonds. The van der Waals surface area contributed by atoms with Gasteiger partial charge >= 0.3 is 0 Å². The third-order valence-corrected chi connectivity index (χ3v) is 4.24. The maximum Gasteiger partial charge on any atom is 0.238 e. The van der Waals surface area contributed by atoms with Crippen LogP contribution in [0.1, 0.15) is 11.5 Å². The molecule has 1 aliphatic heterocycles. The number of carbonyl (C=O) groups is 1. The Morgan fingerprint density at radius 1 is 1.16 bits per heavy atom. The predicted molar refractivity (Wildman–Crippen MR) is 95.8 cm³/mol. The number of anilines is 1. The molecule has 1 fully saturated rings. The van der Waals surface area contributed by atoms with Crippen molar-refractivity contribution in [2.75, 3.05) is 25.0 Å². The van der Waals surface area contributed by atoms with Crippen molar-refractivity contribution in [1.82, 2.24) is 4.90 Å². The Bertz CT molecular complexity index is 730. The number of rotatable bonds is 4. The smallest absolute Gasteiger partial charge is 0.238 e.